The van der Waals surface area contributed by atoms with Crippen molar-refractivity contribution in [2.45, 2.75) is 52.6 Å². The number of aromatic nitrogens is 1. The topological polar surface area (TPSA) is 149 Å². The highest BCUT2D eigenvalue weighted by molar-refractivity contribution is 7.79. The first-order chi connectivity index (χ1) is 17.4. The van der Waals surface area contributed by atoms with Crippen molar-refractivity contribution in [3.63, 3.8) is 0 Å². The zero-order chi connectivity index (χ0) is 27.8. The normalized spacial score (nSPS) is 13.1. The van der Waals surface area contributed by atoms with Gasteiger partial charge >= 0.3 is 10.4 Å². The van der Waals surface area contributed by atoms with Crippen LogP contribution in [-0.4, -0.2) is 82.4 Å². The zero-order valence-corrected chi connectivity index (χ0v) is 22.6. The number of para-hydroxylation sites is 1. The maximum Gasteiger partial charge on any atom is 0.394 e. The lowest BCUT2D eigenvalue weighted by atomic mass is 10.2. The van der Waals surface area contributed by atoms with Crippen LogP contribution in [0.15, 0.2) is 54.9 Å². The molecule has 1 aromatic heterocycles. The van der Waals surface area contributed by atoms with Crippen LogP contribution < -0.4 is 10.1 Å². The smallest absolute Gasteiger partial charge is 0.394 e. The Balaban J connectivity index is 0.000000326. The van der Waals surface area contributed by atoms with E-state index in [1.54, 1.807) is 17.3 Å². The Labute approximate surface area is 219 Å². The first-order valence-corrected chi connectivity index (χ1v) is 13.4. The van der Waals surface area contributed by atoms with E-state index in [1.165, 1.54) is 0 Å². The molecule has 2 aromatic rings. The van der Waals surface area contributed by atoms with Crippen LogP contribution in [0.1, 0.15) is 40.5 Å². The fourth-order valence-electron chi connectivity index (χ4n) is 3.57. The van der Waals surface area contributed by atoms with Crippen molar-refractivity contribution in [1.29, 1.82) is 0 Å². The molecule has 1 aliphatic heterocycles. The summed E-state index contributed by atoms with van der Waals surface area (Å²) in [6.45, 7) is 11.0. The molecule has 2 heterocycles. The molecular weight excluding hydrogens is 500 g/mol. The molecule has 1 aromatic carbocycles. The van der Waals surface area contributed by atoms with Crippen LogP contribution in [0.3, 0.4) is 0 Å². The number of rotatable bonds is 9. The van der Waals surface area contributed by atoms with Gasteiger partial charge in [-0.15, -0.1) is 0 Å². The quantitative estimate of drug-likeness (QED) is 0.409. The van der Waals surface area contributed by atoms with E-state index in [0.29, 0.717) is 25.0 Å². The summed E-state index contributed by atoms with van der Waals surface area (Å²) in [7, 11) is -4.67. The van der Waals surface area contributed by atoms with E-state index in [1.807, 2.05) is 42.5 Å². The lowest BCUT2D eigenvalue weighted by Crippen LogP contribution is -2.44. The molecule has 206 valence electrons. The van der Waals surface area contributed by atoms with Gasteiger partial charge in [0.15, 0.2) is 0 Å². The van der Waals surface area contributed by atoms with Gasteiger partial charge in [0, 0.05) is 44.3 Å². The molecule has 0 atom stereocenters. The molecule has 1 saturated heterocycles. The molecular formula is C25H38N4O7S. The number of hydrogen-bond donors (Lipinski definition) is 3. The van der Waals surface area contributed by atoms with Crippen LogP contribution in [0.5, 0.6) is 11.5 Å². The first-order valence-electron chi connectivity index (χ1n) is 12.0. The maximum atomic E-state index is 11.7. The summed E-state index contributed by atoms with van der Waals surface area (Å²) in [5, 5.41) is 2.90. The maximum absolute atomic E-state index is 11.7. The van der Waals surface area contributed by atoms with Crippen molar-refractivity contribution in [1.82, 2.24) is 20.1 Å². The van der Waals surface area contributed by atoms with E-state index in [2.05, 4.69) is 42.9 Å². The molecule has 0 spiro atoms. The van der Waals surface area contributed by atoms with Crippen LogP contribution in [0, 0.1) is 0 Å². The molecule has 0 radical (unpaired) electrons. The second kappa shape index (κ2) is 16.6. The van der Waals surface area contributed by atoms with Crippen molar-refractivity contribution in [2.75, 3.05) is 26.2 Å². The minimum atomic E-state index is -4.67. The number of nitrogens with one attached hydrogen (secondary N) is 1. The third-order valence-corrected chi connectivity index (χ3v) is 5.14. The van der Waals surface area contributed by atoms with Crippen molar-refractivity contribution in [3.8, 4) is 11.5 Å². The number of pyridine rings is 1. The summed E-state index contributed by atoms with van der Waals surface area (Å²) in [6.07, 6.45) is 4.87. The highest BCUT2D eigenvalue weighted by Crippen LogP contribution is 2.18. The van der Waals surface area contributed by atoms with Gasteiger partial charge in [-0.3, -0.25) is 28.6 Å². The minimum absolute atomic E-state index is 0.0530. The Hall–Kier alpha value is -3.06. The Morgan fingerprint density at radius 2 is 1.68 bits per heavy atom. The average Bonchev–Trinajstić information content (AvgIpc) is 3.21. The molecule has 1 fully saturated rings. The number of carbonyl (C=O) groups excluding carboxylic acids is 2. The van der Waals surface area contributed by atoms with E-state index >= 15 is 0 Å². The first kappa shape index (κ1) is 32.0. The van der Waals surface area contributed by atoms with Gasteiger partial charge in [-0.2, -0.15) is 8.42 Å². The van der Waals surface area contributed by atoms with Crippen LogP contribution in [0.25, 0.3) is 0 Å². The van der Waals surface area contributed by atoms with Crippen LogP contribution in [0.4, 0.5) is 0 Å². The fraction of sp³-hybridized carbons (Fsp3) is 0.480. The fourth-order valence-corrected chi connectivity index (χ4v) is 3.57. The van der Waals surface area contributed by atoms with Gasteiger partial charge in [0.05, 0.1) is 12.7 Å². The number of amides is 2. The Bertz CT molecular complexity index is 982. The van der Waals surface area contributed by atoms with Crippen LogP contribution in [0.2, 0.25) is 0 Å². The molecule has 2 amide bonds. The summed E-state index contributed by atoms with van der Waals surface area (Å²) in [6, 6.07) is 14.3. The summed E-state index contributed by atoms with van der Waals surface area (Å²) in [4.78, 5) is 31.1. The molecule has 3 N–H and O–H groups in total. The van der Waals surface area contributed by atoms with Crippen molar-refractivity contribution >= 4 is 22.2 Å². The Kier molecular flexibility index (Phi) is 14.4. The van der Waals surface area contributed by atoms with Gasteiger partial charge in [0.25, 0.3) is 0 Å². The Morgan fingerprint density at radius 3 is 2.16 bits per heavy atom. The molecule has 1 aliphatic rings. The highest BCUT2D eigenvalue weighted by Gasteiger charge is 2.22. The SMILES string of the molecule is CC(C)N(CCNC(=O)CN1CCCC1=O)C(C)C.O=S(=O)(O)O.c1ccc(Oc2cccnc2)cc1. The molecule has 3 rings (SSSR count). The summed E-state index contributed by atoms with van der Waals surface area (Å²) in [5.41, 5.74) is 0. The Morgan fingerprint density at radius 1 is 1.08 bits per heavy atom. The van der Waals surface area contributed by atoms with E-state index in [4.69, 9.17) is 22.3 Å². The minimum Gasteiger partial charge on any atom is -0.456 e. The number of benzene rings is 1. The number of ether oxygens (including phenoxy) is 1. The third-order valence-electron chi connectivity index (χ3n) is 5.14. The molecule has 0 unspecified atom stereocenters. The lowest BCUT2D eigenvalue weighted by Gasteiger charge is -2.30. The van der Waals surface area contributed by atoms with Gasteiger partial charge in [-0.1, -0.05) is 18.2 Å². The number of likely N-dealkylation sites (tertiary alicyclic amines) is 1. The summed E-state index contributed by atoms with van der Waals surface area (Å²) < 4.78 is 37.1. The van der Waals surface area contributed by atoms with E-state index in [0.717, 1.165) is 31.0 Å². The van der Waals surface area contributed by atoms with Crippen molar-refractivity contribution in [3.05, 3.63) is 54.9 Å². The molecule has 0 aliphatic carbocycles. The number of hydrogen-bond acceptors (Lipinski definition) is 7. The molecule has 12 heteroatoms. The largest absolute Gasteiger partial charge is 0.456 e. The van der Waals surface area contributed by atoms with Crippen LogP contribution in [-0.2, 0) is 20.0 Å². The molecule has 0 saturated carbocycles. The second-order valence-electron chi connectivity index (χ2n) is 8.75. The van der Waals surface area contributed by atoms with Gasteiger partial charge in [-0.05, 0) is 58.4 Å². The number of nitrogens with zero attached hydrogens (tertiary/aromatic N) is 3. The van der Waals surface area contributed by atoms with E-state index < -0.39 is 10.4 Å². The predicted octanol–water partition coefficient (Wildman–Crippen LogP) is 3.06. The van der Waals surface area contributed by atoms with Gasteiger partial charge in [0.1, 0.15) is 11.5 Å². The summed E-state index contributed by atoms with van der Waals surface area (Å²) in [5.74, 6) is 1.63. The molecule has 37 heavy (non-hydrogen) atoms. The third kappa shape index (κ3) is 15.6. The molecule has 0 bridgehead atoms. The standard InChI is InChI=1S/C14H27N3O2.C11H9NO.H2O4S/c1-11(2)17(12(3)4)9-7-15-13(18)10-16-8-5-6-14(16)19;1-2-5-10(6-3-1)13-11-7-4-8-12-9-11;1-5(2,3)4/h11-12H,5-10H2,1-4H3,(H,15,18);1-9H;(H2,1,2,3,4). The van der Waals surface area contributed by atoms with Gasteiger partial charge in [0.2, 0.25) is 11.8 Å². The van der Waals surface area contributed by atoms with E-state index in [9.17, 15) is 9.59 Å². The van der Waals surface area contributed by atoms with E-state index in [-0.39, 0.29) is 18.4 Å². The highest BCUT2D eigenvalue weighted by atomic mass is 32.3. The van der Waals surface area contributed by atoms with Crippen molar-refractivity contribution in [2.24, 2.45) is 0 Å². The average molecular weight is 539 g/mol. The predicted molar refractivity (Wildman–Crippen MR) is 141 cm³/mol. The van der Waals surface area contributed by atoms with Crippen LogP contribution >= 0.6 is 0 Å². The zero-order valence-electron chi connectivity index (χ0n) is 21.8. The van der Waals surface area contributed by atoms with Crippen molar-refractivity contribution < 1.29 is 31.8 Å². The van der Waals surface area contributed by atoms with Gasteiger partial charge < -0.3 is 15.0 Å². The monoisotopic (exact) mass is 538 g/mol. The van der Waals surface area contributed by atoms with Gasteiger partial charge in [-0.25, -0.2) is 0 Å². The summed E-state index contributed by atoms with van der Waals surface area (Å²) >= 11 is 0. The number of carbonyl (C=O) groups is 2. The molecule has 11 nitrogen and oxygen atoms in total. The second-order valence-corrected chi connectivity index (χ2v) is 9.64. The lowest BCUT2D eigenvalue weighted by molar-refractivity contribution is -0.133.